The molecule has 0 saturated carbocycles. The third-order valence-electron chi connectivity index (χ3n) is 18.0. The van der Waals surface area contributed by atoms with Crippen LogP contribution < -0.4 is 5.73 Å². The van der Waals surface area contributed by atoms with Crippen LogP contribution in [0.25, 0.3) is 0 Å². The van der Waals surface area contributed by atoms with E-state index in [1.807, 2.05) is 0 Å². The highest BCUT2D eigenvalue weighted by Crippen LogP contribution is 2.43. The molecule has 0 aliphatic heterocycles. The molecule has 2 unspecified atom stereocenters. The summed E-state index contributed by atoms with van der Waals surface area (Å²) >= 11 is 0. The molecule has 552 valence electrons. The highest BCUT2D eigenvalue weighted by Gasteiger charge is 2.26. The van der Waals surface area contributed by atoms with Crippen LogP contribution in [0.3, 0.4) is 0 Å². The van der Waals surface area contributed by atoms with E-state index in [1.54, 1.807) is 0 Å². The SMILES string of the molecule is CC/C=C\C/C=C\C/C=C\C/C=C\C/C=C\C/C=C\C/C=C\CCCCCCCCCCCCCCCCCCCC(=O)OC(COC(=O)CCCCCCCCCCCCCCCCCCCCCCCCC/C=C\CCCCCCCCCC)COP(=O)(O)OCCN. The first kappa shape index (κ1) is 91.9. The summed E-state index contributed by atoms with van der Waals surface area (Å²) in [5.74, 6) is -0.809. The van der Waals surface area contributed by atoms with Crippen LogP contribution in [-0.4, -0.2) is 49.3 Å². The van der Waals surface area contributed by atoms with Crippen molar-refractivity contribution in [2.24, 2.45) is 5.73 Å². The molecule has 0 bridgehead atoms. The molecule has 3 N–H and O–H groups in total. The van der Waals surface area contributed by atoms with Gasteiger partial charge in [0.25, 0.3) is 0 Å². The van der Waals surface area contributed by atoms with Crippen molar-refractivity contribution in [2.75, 3.05) is 26.4 Å². The van der Waals surface area contributed by atoms with Crippen LogP contribution in [0, 0.1) is 0 Å². The summed E-state index contributed by atoms with van der Waals surface area (Å²) in [7, 11) is -4.40. The Balaban J connectivity index is 3.79. The third-order valence-corrected chi connectivity index (χ3v) is 18.9. The first-order valence-corrected chi connectivity index (χ1v) is 42.2. The minimum absolute atomic E-state index is 0.0532. The van der Waals surface area contributed by atoms with Gasteiger partial charge in [0.05, 0.1) is 13.2 Å². The Kier molecular flexibility index (Phi) is 77.3. The molecule has 0 aromatic carbocycles. The number of phosphoric ester groups is 1. The number of allylic oxidation sites excluding steroid dienone is 16. The topological polar surface area (TPSA) is 134 Å². The van der Waals surface area contributed by atoms with Crippen molar-refractivity contribution in [2.45, 2.75) is 405 Å². The zero-order chi connectivity index (χ0) is 68.6. The number of unbranched alkanes of at least 4 members (excludes halogenated alkanes) is 48. The fraction of sp³-hybridized carbons (Fsp3) is 0.788. The van der Waals surface area contributed by atoms with Crippen LogP contribution in [0.15, 0.2) is 97.2 Å². The lowest BCUT2D eigenvalue weighted by molar-refractivity contribution is -0.161. The van der Waals surface area contributed by atoms with E-state index in [0.717, 1.165) is 83.5 Å². The van der Waals surface area contributed by atoms with E-state index >= 15 is 0 Å². The van der Waals surface area contributed by atoms with E-state index in [-0.39, 0.29) is 38.6 Å². The van der Waals surface area contributed by atoms with Crippen molar-refractivity contribution < 1.29 is 37.6 Å². The summed E-state index contributed by atoms with van der Waals surface area (Å²) in [6.07, 6.45) is 110. The quantitative estimate of drug-likeness (QED) is 0.0264. The van der Waals surface area contributed by atoms with Crippen LogP contribution in [0.4, 0.5) is 0 Å². The number of nitrogens with two attached hydrogens (primary N) is 1. The average molecular weight is 1350 g/mol. The number of carbonyl (C=O) groups is 2. The Hall–Kier alpha value is -3.07. The summed E-state index contributed by atoms with van der Waals surface area (Å²) in [5.41, 5.74) is 5.42. The Morgan fingerprint density at radius 2 is 0.579 bits per heavy atom. The van der Waals surface area contributed by atoms with Crippen molar-refractivity contribution in [1.82, 2.24) is 0 Å². The van der Waals surface area contributed by atoms with Gasteiger partial charge in [-0.2, -0.15) is 0 Å². The first-order valence-electron chi connectivity index (χ1n) is 40.7. The van der Waals surface area contributed by atoms with E-state index < -0.39 is 26.5 Å². The van der Waals surface area contributed by atoms with Gasteiger partial charge >= 0.3 is 19.8 Å². The van der Waals surface area contributed by atoms with E-state index in [2.05, 4.69) is 111 Å². The lowest BCUT2D eigenvalue weighted by atomic mass is 10.0. The molecule has 9 nitrogen and oxygen atoms in total. The third kappa shape index (κ3) is 79.8. The van der Waals surface area contributed by atoms with Crippen LogP contribution in [0.1, 0.15) is 399 Å². The molecule has 2 atom stereocenters. The summed E-state index contributed by atoms with van der Waals surface area (Å²) in [6.45, 7) is 3.69. The minimum Gasteiger partial charge on any atom is -0.462 e. The summed E-state index contributed by atoms with van der Waals surface area (Å²) in [5, 5.41) is 0. The molecule has 0 rings (SSSR count). The minimum atomic E-state index is -4.40. The van der Waals surface area contributed by atoms with Crippen molar-refractivity contribution >= 4 is 19.8 Å². The van der Waals surface area contributed by atoms with Crippen LogP contribution in [0.2, 0.25) is 0 Å². The number of phosphoric acid groups is 1. The van der Waals surface area contributed by atoms with E-state index in [1.165, 1.54) is 283 Å². The molecular weight excluding hydrogens is 1190 g/mol. The van der Waals surface area contributed by atoms with Gasteiger partial charge in [0.1, 0.15) is 6.61 Å². The summed E-state index contributed by atoms with van der Waals surface area (Å²) in [4.78, 5) is 35.5. The molecular formula is C85H154NO8P. The lowest BCUT2D eigenvalue weighted by Crippen LogP contribution is -2.29. The van der Waals surface area contributed by atoms with Gasteiger partial charge in [-0.05, 0) is 96.3 Å². The van der Waals surface area contributed by atoms with Crippen LogP contribution >= 0.6 is 7.82 Å². The second kappa shape index (κ2) is 79.9. The number of carbonyl (C=O) groups excluding carboxylic acids is 2. The molecule has 0 spiro atoms. The normalized spacial score (nSPS) is 13.3. The Bertz CT molecular complexity index is 1890. The maximum Gasteiger partial charge on any atom is 0.472 e. The van der Waals surface area contributed by atoms with Gasteiger partial charge in [-0.15, -0.1) is 0 Å². The van der Waals surface area contributed by atoms with Crippen LogP contribution in [0.5, 0.6) is 0 Å². The van der Waals surface area contributed by atoms with Crippen LogP contribution in [-0.2, 0) is 32.7 Å². The van der Waals surface area contributed by atoms with Gasteiger partial charge in [-0.25, -0.2) is 4.57 Å². The van der Waals surface area contributed by atoms with Crippen molar-refractivity contribution in [3.05, 3.63) is 97.2 Å². The highest BCUT2D eigenvalue weighted by molar-refractivity contribution is 7.47. The zero-order valence-corrected chi connectivity index (χ0v) is 63.3. The molecule has 0 fully saturated rings. The number of hydrogen-bond acceptors (Lipinski definition) is 8. The number of esters is 2. The van der Waals surface area contributed by atoms with Gasteiger partial charge in [0.2, 0.25) is 0 Å². The van der Waals surface area contributed by atoms with E-state index in [4.69, 9.17) is 24.3 Å². The Labute approximate surface area is 588 Å². The number of rotatable bonds is 77. The first-order chi connectivity index (χ1) is 46.8. The zero-order valence-electron chi connectivity index (χ0n) is 62.4. The van der Waals surface area contributed by atoms with E-state index in [0.29, 0.717) is 6.42 Å². The molecule has 0 heterocycles. The molecule has 0 radical (unpaired) electrons. The fourth-order valence-corrected chi connectivity index (χ4v) is 12.7. The monoisotopic (exact) mass is 1350 g/mol. The molecule has 95 heavy (non-hydrogen) atoms. The molecule has 10 heteroatoms. The Morgan fingerprint density at radius 3 is 0.874 bits per heavy atom. The van der Waals surface area contributed by atoms with Gasteiger partial charge in [-0.3, -0.25) is 18.6 Å². The fourth-order valence-electron chi connectivity index (χ4n) is 12.0. The molecule has 0 saturated heterocycles. The smallest absolute Gasteiger partial charge is 0.462 e. The van der Waals surface area contributed by atoms with Crippen molar-refractivity contribution in [3.63, 3.8) is 0 Å². The van der Waals surface area contributed by atoms with Gasteiger partial charge in [0.15, 0.2) is 6.10 Å². The number of hydrogen-bond donors (Lipinski definition) is 2. The predicted octanol–water partition coefficient (Wildman–Crippen LogP) is 27.4. The van der Waals surface area contributed by atoms with Gasteiger partial charge in [-0.1, -0.05) is 387 Å². The maximum atomic E-state index is 12.8. The highest BCUT2D eigenvalue weighted by atomic mass is 31.2. The maximum absolute atomic E-state index is 12.8. The summed E-state index contributed by atoms with van der Waals surface area (Å²) < 4.78 is 33.3. The van der Waals surface area contributed by atoms with Crippen molar-refractivity contribution in [1.29, 1.82) is 0 Å². The number of ether oxygens (including phenoxy) is 2. The average Bonchev–Trinajstić information content (AvgIpc) is 3.16. The Morgan fingerprint density at radius 1 is 0.326 bits per heavy atom. The standard InChI is InChI=1S/C85H154NO8P/c1-3-5-7-9-11-13-15-17-19-21-23-25-27-29-31-33-35-37-39-40-41-42-44-46-48-50-52-54-56-58-60-62-64-66-68-70-72-74-76-78-85(88)94-83(82-93-95(89,90)92-80-79-86)81-91-84(87)77-75-73-71-69-67-65-63-61-59-57-55-53-51-49-47-45-43-38-36-34-32-30-28-26-24-22-20-18-16-14-12-10-8-6-4-2/h5,7,11,13,17,19,22-25,29,31,35,37,40-41,83H,3-4,6,8-10,12,14-16,18,20-21,26-28,30,32-34,36,38-39,42-82,86H2,1-2H3,(H,89,90)/b7-5-,13-11-,19-17-,24-22-,25-23-,31-29-,37-35-,41-40-. The largest absolute Gasteiger partial charge is 0.472 e. The van der Waals surface area contributed by atoms with E-state index in [9.17, 15) is 19.0 Å². The van der Waals surface area contributed by atoms with Gasteiger partial charge in [0, 0.05) is 19.4 Å². The molecule has 0 aromatic heterocycles. The van der Waals surface area contributed by atoms with Crippen molar-refractivity contribution in [3.8, 4) is 0 Å². The molecule has 0 amide bonds. The second-order valence-corrected chi connectivity index (χ2v) is 28.7. The lowest BCUT2D eigenvalue weighted by Gasteiger charge is -2.19. The summed E-state index contributed by atoms with van der Waals surface area (Å²) in [6, 6.07) is 0. The molecule has 0 aliphatic rings. The second-order valence-electron chi connectivity index (χ2n) is 27.3. The molecule has 0 aliphatic carbocycles. The molecule has 0 aromatic rings. The predicted molar refractivity (Wildman–Crippen MR) is 413 cm³/mol. The van der Waals surface area contributed by atoms with Gasteiger partial charge < -0.3 is 20.1 Å².